The molecule has 1 aliphatic rings. The van der Waals surface area contributed by atoms with E-state index in [0.717, 1.165) is 42.0 Å². The maximum atomic E-state index is 12.3. The third-order valence-electron chi connectivity index (χ3n) is 4.17. The molecule has 0 spiro atoms. The Morgan fingerprint density at radius 1 is 1.46 bits per heavy atom. The minimum Gasteiger partial charge on any atom is -0.338 e. The van der Waals surface area contributed by atoms with Crippen LogP contribution in [0.25, 0.3) is 0 Å². The van der Waals surface area contributed by atoms with Crippen molar-refractivity contribution in [2.24, 2.45) is 0 Å². The summed E-state index contributed by atoms with van der Waals surface area (Å²) in [7, 11) is 3.96. The zero-order chi connectivity index (χ0) is 18.5. The van der Waals surface area contributed by atoms with Crippen LogP contribution in [0.3, 0.4) is 0 Å². The molecule has 138 valence electrons. The van der Waals surface area contributed by atoms with Crippen LogP contribution < -0.4 is 5.32 Å². The van der Waals surface area contributed by atoms with Crippen LogP contribution >= 0.6 is 11.3 Å². The van der Waals surface area contributed by atoms with E-state index in [1.807, 2.05) is 48.3 Å². The van der Waals surface area contributed by atoms with E-state index in [9.17, 15) is 4.79 Å². The average molecular weight is 372 g/mol. The van der Waals surface area contributed by atoms with Crippen molar-refractivity contribution < 1.29 is 4.79 Å². The number of hydrogen-bond acceptors (Lipinski definition) is 7. The van der Waals surface area contributed by atoms with E-state index in [0.29, 0.717) is 6.54 Å². The Balaban J connectivity index is 1.65. The highest BCUT2D eigenvalue weighted by molar-refractivity contribution is 7.13. The number of aryl methyl sites for hydroxylation is 1. The molecular weight excluding hydrogens is 348 g/mol. The quantitative estimate of drug-likeness (QED) is 0.785. The number of likely N-dealkylation sites (N-methyl/N-ethyl adjacent to an activating group) is 1. The summed E-state index contributed by atoms with van der Waals surface area (Å²) in [4.78, 5) is 29.5. The lowest BCUT2D eigenvalue weighted by atomic mass is 10.0. The second kappa shape index (κ2) is 8.37. The number of nitrogens with zero attached hydrogens (tertiary/aromatic N) is 5. The maximum Gasteiger partial charge on any atom is 0.246 e. The number of hydrogen-bond donors (Lipinski definition) is 1. The van der Waals surface area contributed by atoms with Crippen molar-refractivity contribution in [1.29, 1.82) is 0 Å². The van der Waals surface area contributed by atoms with Gasteiger partial charge in [-0.25, -0.2) is 15.0 Å². The summed E-state index contributed by atoms with van der Waals surface area (Å²) in [6.07, 6.45) is 6.25. The number of thiazole rings is 1. The van der Waals surface area contributed by atoms with E-state index in [4.69, 9.17) is 0 Å². The molecule has 1 fully saturated rings. The zero-order valence-electron chi connectivity index (χ0n) is 15.3. The third-order valence-corrected chi connectivity index (χ3v) is 4.86. The molecule has 0 radical (unpaired) electrons. The fourth-order valence-electron chi connectivity index (χ4n) is 2.93. The Kier molecular flexibility index (Phi) is 5.95. The molecule has 0 unspecified atom stereocenters. The maximum absolute atomic E-state index is 12.3. The topological polar surface area (TPSA) is 74.2 Å². The van der Waals surface area contributed by atoms with Gasteiger partial charge in [-0.2, -0.15) is 0 Å². The van der Waals surface area contributed by atoms with E-state index in [1.54, 1.807) is 12.3 Å². The summed E-state index contributed by atoms with van der Waals surface area (Å²) in [5, 5.41) is 5.95. The van der Waals surface area contributed by atoms with Crippen molar-refractivity contribution in [2.45, 2.75) is 19.3 Å². The van der Waals surface area contributed by atoms with Gasteiger partial charge < -0.3 is 15.1 Å². The fraction of sp³-hybridized carbons (Fsp3) is 0.444. The number of carbonyl (C=O) groups is 1. The largest absolute Gasteiger partial charge is 0.338 e. The minimum atomic E-state index is 0.0706. The lowest BCUT2D eigenvalue weighted by Gasteiger charge is -2.15. The SMILES string of the molecule is Cc1nc(Nc2nccs2)cc([C@H]2CCN(C(=O)/C=C/CN(C)C)C2)n1. The van der Waals surface area contributed by atoms with Crippen LogP contribution in [-0.4, -0.2) is 64.4 Å². The third kappa shape index (κ3) is 4.86. The molecule has 2 aromatic heterocycles. The van der Waals surface area contributed by atoms with Crippen LogP contribution in [0.15, 0.2) is 29.8 Å². The monoisotopic (exact) mass is 372 g/mol. The highest BCUT2D eigenvalue weighted by atomic mass is 32.1. The number of amides is 1. The summed E-state index contributed by atoms with van der Waals surface area (Å²) in [5.41, 5.74) is 0.976. The van der Waals surface area contributed by atoms with E-state index in [2.05, 4.69) is 20.3 Å². The van der Waals surface area contributed by atoms with Gasteiger partial charge in [0.05, 0.1) is 5.69 Å². The minimum absolute atomic E-state index is 0.0706. The Hall–Kier alpha value is -2.32. The normalized spacial score (nSPS) is 17.4. The van der Waals surface area contributed by atoms with Crippen molar-refractivity contribution in [3.63, 3.8) is 0 Å². The zero-order valence-corrected chi connectivity index (χ0v) is 16.2. The molecule has 1 atom stereocenters. The lowest BCUT2D eigenvalue weighted by molar-refractivity contribution is -0.125. The molecular formula is C18H24N6OS. The molecule has 1 saturated heterocycles. The van der Waals surface area contributed by atoms with Gasteiger partial charge in [-0.1, -0.05) is 6.08 Å². The van der Waals surface area contributed by atoms with E-state index >= 15 is 0 Å². The number of anilines is 2. The Morgan fingerprint density at radius 2 is 2.31 bits per heavy atom. The summed E-state index contributed by atoms with van der Waals surface area (Å²) in [6.45, 7) is 4.10. The van der Waals surface area contributed by atoms with E-state index < -0.39 is 0 Å². The molecule has 7 nitrogen and oxygen atoms in total. The van der Waals surface area contributed by atoms with Crippen LogP contribution in [0.4, 0.5) is 10.9 Å². The molecule has 1 N–H and O–H groups in total. The summed E-state index contributed by atoms with van der Waals surface area (Å²) >= 11 is 1.53. The van der Waals surface area contributed by atoms with Gasteiger partial charge in [0.1, 0.15) is 11.6 Å². The van der Waals surface area contributed by atoms with Crippen LogP contribution in [0.1, 0.15) is 23.9 Å². The number of carbonyl (C=O) groups excluding carboxylic acids is 1. The lowest BCUT2D eigenvalue weighted by Crippen LogP contribution is -2.27. The first kappa shape index (κ1) is 18.5. The molecule has 26 heavy (non-hydrogen) atoms. The summed E-state index contributed by atoms with van der Waals surface area (Å²) in [6, 6.07) is 1.97. The van der Waals surface area contributed by atoms with Crippen LogP contribution in [0.2, 0.25) is 0 Å². The molecule has 1 amide bonds. The van der Waals surface area contributed by atoms with E-state index in [-0.39, 0.29) is 11.8 Å². The van der Waals surface area contributed by atoms with Crippen molar-refractivity contribution in [2.75, 3.05) is 39.0 Å². The Morgan fingerprint density at radius 3 is 3.04 bits per heavy atom. The summed E-state index contributed by atoms with van der Waals surface area (Å²) < 4.78 is 0. The number of rotatable bonds is 6. The number of likely N-dealkylation sites (tertiary alicyclic amines) is 1. The first-order chi connectivity index (χ1) is 12.5. The van der Waals surface area contributed by atoms with Gasteiger partial charge in [0, 0.05) is 49.3 Å². The molecule has 0 aliphatic carbocycles. The van der Waals surface area contributed by atoms with Gasteiger partial charge in [0.25, 0.3) is 0 Å². The van der Waals surface area contributed by atoms with Crippen LogP contribution in [0.5, 0.6) is 0 Å². The highest BCUT2D eigenvalue weighted by Crippen LogP contribution is 2.28. The predicted octanol–water partition coefficient (Wildman–Crippen LogP) is 2.42. The molecule has 3 heterocycles. The standard InChI is InChI=1S/C18H24N6OS/c1-13-20-15(11-16(21-13)22-18-19-7-10-26-18)14-6-9-24(12-14)17(25)5-4-8-23(2)3/h4-5,7,10-11,14H,6,8-9,12H2,1-3H3,(H,19,20,21,22)/b5-4+/t14-/m0/s1. The van der Waals surface area contributed by atoms with Gasteiger partial charge in [0.15, 0.2) is 5.13 Å². The van der Waals surface area contributed by atoms with Crippen molar-refractivity contribution in [3.8, 4) is 0 Å². The molecule has 0 saturated carbocycles. The van der Waals surface area contributed by atoms with Gasteiger partial charge in [0.2, 0.25) is 5.91 Å². The average Bonchev–Trinajstić information content (AvgIpc) is 3.25. The number of aromatic nitrogens is 3. The highest BCUT2D eigenvalue weighted by Gasteiger charge is 2.27. The summed E-state index contributed by atoms with van der Waals surface area (Å²) in [5.74, 6) is 1.77. The molecule has 3 rings (SSSR count). The van der Waals surface area contributed by atoms with Crippen LogP contribution in [-0.2, 0) is 4.79 Å². The number of nitrogens with one attached hydrogen (secondary N) is 1. The molecule has 0 aromatic carbocycles. The Labute approximate surface area is 157 Å². The first-order valence-electron chi connectivity index (χ1n) is 8.63. The Bertz CT molecular complexity index is 774. The fourth-order valence-corrected chi connectivity index (χ4v) is 3.47. The van der Waals surface area contributed by atoms with Gasteiger partial charge in [-0.05, 0) is 27.4 Å². The molecule has 8 heteroatoms. The van der Waals surface area contributed by atoms with Crippen LogP contribution in [0, 0.1) is 6.92 Å². The van der Waals surface area contributed by atoms with Crippen molar-refractivity contribution in [3.05, 3.63) is 41.3 Å². The van der Waals surface area contributed by atoms with Gasteiger partial charge in [-0.3, -0.25) is 4.79 Å². The van der Waals surface area contributed by atoms with Crippen molar-refractivity contribution >= 4 is 28.2 Å². The molecule has 1 aliphatic heterocycles. The van der Waals surface area contributed by atoms with E-state index in [1.165, 1.54) is 11.3 Å². The van der Waals surface area contributed by atoms with Gasteiger partial charge >= 0.3 is 0 Å². The van der Waals surface area contributed by atoms with Gasteiger partial charge in [-0.15, -0.1) is 11.3 Å². The second-order valence-corrected chi connectivity index (χ2v) is 7.52. The predicted molar refractivity (Wildman–Crippen MR) is 104 cm³/mol. The molecule has 0 bridgehead atoms. The molecule has 2 aromatic rings. The second-order valence-electron chi connectivity index (χ2n) is 6.62. The smallest absolute Gasteiger partial charge is 0.246 e. The first-order valence-corrected chi connectivity index (χ1v) is 9.51. The van der Waals surface area contributed by atoms with Crippen molar-refractivity contribution in [1.82, 2.24) is 24.8 Å².